The van der Waals surface area contributed by atoms with E-state index in [-0.39, 0.29) is 31.0 Å². The van der Waals surface area contributed by atoms with Crippen molar-refractivity contribution in [3.63, 3.8) is 0 Å². The van der Waals surface area contributed by atoms with Crippen molar-refractivity contribution in [3.8, 4) is 11.5 Å². The van der Waals surface area contributed by atoms with Gasteiger partial charge in [-0.05, 0) is 91.6 Å². The van der Waals surface area contributed by atoms with Gasteiger partial charge in [0.25, 0.3) is 0 Å². The second-order valence-corrected chi connectivity index (χ2v) is 11.7. The average molecular weight is 620 g/mol. The van der Waals surface area contributed by atoms with E-state index in [1.807, 2.05) is 54.3 Å². The summed E-state index contributed by atoms with van der Waals surface area (Å²) in [6, 6.07) is 17.4. The first kappa shape index (κ1) is 31.5. The number of benzene rings is 3. The molecule has 1 atom stereocenters. The lowest BCUT2D eigenvalue weighted by atomic mass is 9.97. The molecule has 0 heterocycles. The minimum atomic E-state index is -0.337. The molecule has 1 fully saturated rings. The van der Waals surface area contributed by atoms with Gasteiger partial charge >= 0.3 is 0 Å². The van der Waals surface area contributed by atoms with Crippen molar-refractivity contribution in [2.75, 3.05) is 26.4 Å². The third kappa shape index (κ3) is 9.00. The van der Waals surface area contributed by atoms with E-state index in [0.29, 0.717) is 59.2 Å². The molecular formula is C32H37Cl3N2O4. The molecule has 3 aromatic rings. The number of hydrogen-bond acceptors (Lipinski definition) is 5. The van der Waals surface area contributed by atoms with E-state index in [4.69, 9.17) is 50.0 Å². The van der Waals surface area contributed by atoms with Gasteiger partial charge in [0.05, 0.1) is 16.0 Å². The highest BCUT2D eigenvalue weighted by molar-refractivity contribution is 6.37. The van der Waals surface area contributed by atoms with E-state index in [9.17, 15) is 9.90 Å². The van der Waals surface area contributed by atoms with Crippen molar-refractivity contribution in [2.24, 2.45) is 11.7 Å². The molecule has 1 aliphatic rings. The molecule has 1 aliphatic carbocycles. The van der Waals surface area contributed by atoms with Crippen LogP contribution >= 0.6 is 34.8 Å². The number of carbonyl (C=O) groups excluding carboxylic acids is 1. The lowest BCUT2D eigenvalue weighted by molar-refractivity contribution is -0.136. The van der Waals surface area contributed by atoms with E-state index in [0.717, 1.165) is 41.5 Å². The predicted molar refractivity (Wildman–Crippen MR) is 165 cm³/mol. The number of amides is 1. The maximum absolute atomic E-state index is 13.7. The maximum Gasteiger partial charge on any atom is 0.227 e. The number of aliphatic hydroxyl groups excluding tert-OH is 1. The van der Waals surface area contributed by atoms with Crippen LogP contribution in [0.25, 0.3) is 0 Å². The molecule has 6 nitrogen and oxygen atoms in total. The van der Waals surface area contributed by atoms with Crippen LogP contribution in [0.1, 0.15) is 41.5 Å². The van der Waals surface area contributed by atoms with Gasteiger partial charge in [0.2, 0.25) is 5.91 Å². The Morgan fingerprint density at radius 3 is 2.27 bits per heavy atom. The molecule has 1 saturated carbocycles. The average Bonchev–Trinajstić information content (AvgIpc) is 3.79. The minimum Gasteiger partial charge on any atom is -0.490 e. The molecule has 0 bridgehead atoms. The Labute approximate surface area is 257 Å². The monoisotopic (exact) mass is 618 g/mol. The van der Waals surface area contributed by atoms with Crippen molar-refractivity contribution in [2.45, 2.75) is 51.6 Å². The van der Waals surface area contributed by atoms with Gasteiger partial charge in [-0.25, -0.2) is 0 Å². The van der Waals surface area contributed by atoms with E-state index < -0.39 is 0 Å². The van der Waals surface area contributed by atoms with Crippen LogP contribution in [-0.2, 0) is 24.2 Å². The Bertz CT molecular complexity index is 1290. The number of aliphatic hydroxyl groups is 1. The van der Waals surface area contributed by atoms with Gasteiger partial charge < -0.3 is 25.2 Å². The number of nitrogens with zero attached hydrogens (tertiary/aromatic N) is 1. The zero-order chi connectivity index (χ0) is 29.4. The van der Waals surface area contributed by atoms with Crippen molar-refractivity contribution < 1.29 is 19.4 Å². The van der Waals surface area contributed by atoms with Crippen LogP contribution in [0.2, 0.25) is 15.1 Å². The molecule has 0 saturated heterocycles. The zero-order valence-corrected chi connectivity index (χ0v) is 25.5. The third-order valence-corrected chi connectivity index (χ3v) is 8.06. The van der Waals surface area contributed by atoms with Crippen LogP contribution < -0.4 is 15.2 Å². The summed E-state index contributed by atoms with van der Waals surface area (Å²) in [5, 5.41) is 10.8. The van der Waals surface area contributed by atoms with Gasteiger partial charge in [0.15, 0.2) is 5.75 Å². The number of rotatable bonds is 15. The Kier molecular flexibility index (Phi) is 11.6. The van der Waals surface area contributed by atoms with Gasteiger partial charge in [0.1, 0.15) is 19.0 Å². The number of aryl methyl sites for hydroxylation is 2. The maximum atomic E-state index is 13.7. The van der Waals surface area contributed by atoms with Crippen molar-refractivity contribution in [1.82, 2.24) is 4.90 Å². The molecule has 0 aliphatic heterocycles. The molecule has 3 N–H and O–H groups in total. The van der Waals surface area contributed by atoms with Crippen LogP contribution in [0.5, 0.6) is 11.5 Å². The van der Waals surface area contributed by atoms with E-state index in [2.05, 4.69) is 0 Å². The van der Waals surface area contributed by atoms with Gasteiger partial charge in [-0.2, -0.15) is 0 Å². The summed E-state index contributed by atoms with van der Waals surface area (Å²) in [4.78, 5) is 15.6. The summed E-state index contributed by atoms with van der Waals surface area (Å²) in [6.07, 6.45) is 3.98. The molecule has 4 rings (SSSR count). The molecular weight excluding hydrogens is 583 g/mol. The summed E-state index contributed by atoms with van der Waals surface area (Å²) >= 11 is 19.0. The molecule has 0 spiro atoms. The standard InChI is InChI=1S/C32H37Cl3N2O4/c1-21-15-29(34)31(30(35)16-21)41-14-13-40-27-9-4-23(5-10-27)17-24(19-36)32(39)37(26-7-8-26)20-25-18-22(3-2-12-38)6-11-28(25)33/h4-6,9-11,15-16,18,24,26,38H,2-3,7-8,12-14,17,19-20,36H2,1H3. The Morgan fingerprint density at radius 1 is 0.976 bits per heavy atom. The number of hydrogen-bond donors (Lipinski definition) is 2. The first-order valence-electron chi connectivity index (χ1n) is 14.0. The van der Waals surface area contributed by atoms with Gasteiger partial charge in [-0.3, -0.25) is 4.79 Å². The fraction of sp³-hybridized carbons (Fsp3) is 0.406. The number of halogens is 3. The third-order valence-electron chi connectivity index (χ3n) is 7.13. The van der Waals surface area contributed by atoms with E-state index in [1.165, 1.54) is 0 Å². The number of nitrogens with two attached hydrogens (primary N) is 1. The normalized spacial score (nSPS) is 13.6. The van der Waals surface area contributed by atoms with Crippen LogP contribution in [0, 0.1) is 12.8 Å². The van der Waals surface area contributed by atoms with E-state index in [1.54, 1.807) is 12.1 Å². The van der Waals surface area contributed by atoms with Gasteiger partial charge in [-0.15, -0.1) is 0 Å². The fourth-order valence-electron chi connectivity index (χ4n) is 4.78. The number of ether oxygens (including phenoxy) is 2. The minimum absolute atomic E-state index is 0.0535. The summed E-state index contributed by atoms with van der Waals surface area (Å²) < 4.78 is 11.5. The second kappa shape index (κ2) is 15.1. The molecule has 220 valence electrons. The Hall–Kier alpha value is -2.48. The quantitative estimate of drug-likeness (QED) is 0.186. The topological polar surface area (TPSA) is 85.0 Å². The molecule has 1 amide bonds. The summed E-state index contributed by atoms with van der Waals surface area (Å²) in [6.45, 7) is 3.39. The van der Waals surface area contributed by atoms with E-state index >= 15 is 0 Å². The summed E-state index contributed by atoms with van der Waals surface area (Å²) in [5.74, 6) is 0.866. The van der Waals surface area contributed by atoms with Crippen LogP contribution in [-0.4, -0.2) is 48.3 Å². The largest absolute Gasteiger partial charge is 0.490 e. The summed E-state index contributed by atoms with van der Waals surface area (Å²) in [7, 11) is 0. The SMILES string of the molecule is Cc1cc(Cl)c(OCCOc2ccc(CC(CN)C(=O)N(Cc3cc(CCCO)ccc3Cl)C3CC3)cc2)c(Cl)c1. The van der Waals surface area contributed by atoms with Crippen LogP contribution in [0.4, 0.5) is 0 Å². The van der Waals surface area contributed by atoms with Crippen molar-refractivity contribution in [1.29, 1.82) is 0 Å². The molecule has 3 aromatic carbocycles. The van der Waals surface area contributed by atoms with Crippen molar-refractivity contribution >= 4 is 40.7 Å². The van der Waals surface area contributed by atoms with Crippen LogP contribution in [0.15, 0.2) is 54.6 Å². The molecule has 0 aromatic heterocycles. The second-order valence-electron chi connectivity index (χ2n) is 10.5. The summed E-state index contributed by atoms with van der Waals surface area (Å²) in [5.41, 5.74) is 10.1. The Morgan fingerprint density at radius 2 is 1.63 bits per heavy atom. The lowest BCUT2D eigenvalue weighted by Crippen LogP contribution is -2.41. The van der Waals surface area contributed by atoms with Gasteiger partial charge in [-0.1, -0.05) is 59.1 Å². The highest BCUT2D eigenvalue weighted by Crippen LogP contribution is 2.34. The molecule has 9 heteroatoms. The molecule has 41 heavy (non-hydrogen) atoms. The van der Waals surface area contributed by atoms with Crippen molar-refractivity contribution in [3.05, 3.63) is 91.9 Å². The zero-order valence-electron chi connectivity index (χ0n) is 23.3. The van der Waals surface area contributed by atoms with Gasteiger partial charge in [0, 0.05) is 30.8 Å². The first-order chi connectivity index (χ1) is 19.8. The number of carbonyl (C=O) groups is 1. The molecule has 0 radical (unpaired) electrons. The highest BCUT2D eigenvalue weighted by Gasteiger charge is 2.35. The van der Waals surface area contributed by atoms with Crippen LogP contribution in [0.3, 0.4) is 0 Å². The highest BCUT2D eigenvalue weighted by atomic mass is 35.5. The first-order valence-corrected chi connectivity index (χ1v) is 15.1. The predicted octanol–water partition coefficient (Wildman–Crippen LogP) is 6.65. The fourth-order valence-corrected chi connectivity index (χ4v) is 5.67. The molecule has 1 unspecified atom stereocenters. The lowest BCUT2D eigenvalue weighted by Gasteiger charge is -2.28. The Balaban J connectivity index is 1.32. The smallest absolute Gasteiger partial charge is 0.227 e.